The van der Waals surface area contributed by atoms with Crippen molar-refractivity contribution in [2.75, 3.05) is 13.1 Å². The maximum absolute atomic E-state index is 13.0. The first-order valence-electron chi connectivity index (χ1n) is 6.24. The van der Waals surface area contributed by atoms with Crippen LogP contribution in [0.4, 0.5) is 4.39 Å². The Bertz CT molecular complexity index is 492. The van der Waals surface area contributed by atoms with Gasteiger partial charge in [0.15, 0.2) is 5.12 Å². The summed E-state index contributed by atoms with van der Waals surface area (Å²) in [5.41, 5.74) is 0.885. The summed E-state index contributed by atoms with van der Waals surface area (Å²) in [5.74, 6) is -0.176. The molecule has 1 unspecified atom stereocenters. The van der Waals surface area contributed by atoms with Gasteiger partial charge in [-0.05, 0) is 24.1 Å². The molecule has 0 aliphatic carbocycles. The molecule has 3 nitrogen and oxygen atoms in total. The van der Waals surface area contributed by atoms with Crippen molar-refractivity contribution in [1.29, 1.82) is 0 Å². The lowest BCUT2D eigenvalue weighted by Gasteiger charge is -2.16. The predicted molar refractivity (Wildman–Crippen MR) is 73.4 cm³/mol. The summed E-state index contributed by atoms with van der Waals surface area (Å²) in [6, 6.07) is 6.42. The average molecular weight is 281 g/mol. The number of thioether (sulfide) groups is 1. The van der Waals surface area contributed by atoms with Crippen LogP contribution in [0, 0.1) is 5.82 Å². The van der Waals surface area contributed by atoms with Gasteiger partial charge < -0.3 is 4.90 Å². The van der Waals surface area contributed by atoms with Crippen LogP contribution < -0.4 is 0 Å². The first-order chi connectivity index (χ1) is 9.04. The van der Waals surface area contributed by atoms with Crippen molar-refractivity contribution in [3.05, 3.63) is 35.6 Å². The van der Waals surface area contributed by atoms with Gasteiger partial charge in [0, 0.05) is 31.7 Å². The van der Waals surface area contributed by atoms with Crippen molar-refractivity contribution < 1.29 is 14.0 Å². The third kappa shape index (κ3) is 4.06. The van der Waals surface area contributed by atoms with Gasteiger partial charge in [0.1, 0.15) is 5.82 Å². The van der Waals surface area contributed by atoms with Crippen LogP contribution in [0.5, 0.6) is 0 Å². The molecule has 0 spiro atoms. The lowest BCUT2D eigenvalue weighted by atomic mass is 10.1. The van der Waals surface area contributed by atoms with E-state index in [4.69, 9.17) is 0 Å². The second-order valence-electron chi connectivity index (χ2n) is 4.66. The van der Waals surface area contributed by atoms with Gasteiger partial charge in [-0.3, -0.25) is 9.59 Å². The molecule has 0 radical (unpaired) electrons. The zero-order valence-corrected chi connectivity index (χ0v) is 11.6. The van der Waals surface area contributed by atoms with Crippen molar-refractivity contribution in [1.82, 2.24) is 4.90 Å². The molecule has 1 fully saturated rings. The smallest absolute Gasteiger partial charge is 0.223 e. The van der Waals surface area contributed by atoms with E-state index in [1.54, 1.807) is 11.0 Å². The van der Waals surface area contributed by atoms with E-state index < -0.39 is 0 Å². The van der Waals surface area contributed by atoms with Crippen molar-refractivity contribution in [2.24, 2.45) is 0 Å². The molecule has 5 heteroatoms. The second kappa shape index (κ2) is 6.19. The summed E-state index contributed by atoms with van der Waals surface area (Å²) in [5, 5.41) is 0.113. The van der Waals surface area contributed by atoms with E-state index in [1.807, 2.05) is 6.07 Å². The molecule has 0 saturated carbocycles. The third-order valence-electron chi connectivity index (χ3n) is 3.07. The number of carbonyl (C=O) groups excluding carboxylic acids is 2. The Morgan fingerprint density at radius 1 is 1.53 bits per heavy atom. The van der Waals surface area contributed by atoms with Crippen LogP contribution in [0.15, 0.2) is 24.3 Å². The van der Waals surface area contributed by atoms with E-state index in [-0.39, 0.29) is 22.1 Å². The minimum Gasteiger partial charge on any atom is -0.341 e. The maximum atomic E-state index is 13.0. The van der Waals surface area contributed by atoms with Crippen LogP contribution in [-0.2, 0) is 16.0 Å². The van der Waals surface area contributed by atoms with E-state index in [9.17, 15) is 14.0 Å². The molecule has 1 aliphatic rings. The maximum Gasteiger partial charge on any atom is 0.223 e. The fraction of sp³-hybridized carbons (Fsp3) is 0.429. The summed E-state index contributed by atoms with van der Waals surface area (Å²) >= 11 is 1.23. The first kappa shape index (κ1) is 14.1. The Labute approximate surface area is 116 Å². The number of carbonyl (C=O) groups is 2. The van der Waals surface area contributed by atoms with Crippen molar-refractivity contribution >= 4 is 22.8 Å². The van der Waals surface area contributed by atoms with Gasteiger partial charge in [0.25, 0.3) is 0 Å². The Morgan fingerprint density at radius 3 is 3.00 bits per heavy atom. The molecule has 0 aromatic heterocycles. The van der Waals surface area contributed by atoms with E-state index in [1.165, 1.54) is 30.8 Å². The lowest BCUT2D eigenvalue weighted by Crippen LogP contribution is -2.28. The highest BCUT2D eigenvalue weighted by Crippen LogP contribution is 2.24. The van der Waals surface area contributed by atoms with Crippen LogP contribution in [0.3, 0.4) is 0 Å². The molecule has 1 aliphatic heterocycles. The van der Waals surface area contributed by atoms with Crippen molar-refractivity contribution in [2.45, 2.75) is 25.0 Å². The summed E-state index contributed by atoms with van der Waals surface area (Å²) in [6.07, 6.45) is 1.06. The molecule has 1 aromatic rings. The van der Waals surface area contributed by atoms with Gasteiger partial charge >= 0.3 is 0 Å². The number of amides is 1. The minimum atomic E-state index is -0.254. The fourth-order valence-corrected chi connectivity index (χ4v) is 3.17. The largest absolute Gasteiger partial charge is 0.341 e. The molecule has 0 N–H and O–H groups in total. The van der Waals surface area contributed by atoms with Gasteiger partial charge in [-0.25, -0.2) is 4.39 Å². The molecule has 0 bridgehead atoms. The first-order valence-corrected chi connectivity index (χ1v) is 7.12. The normalized spacial score (nSPS) is 18.9. The summed E-state index contributed by atoms with van der Waals surface area (Å²) in [7, 11) is 0. The molecular formula is C14H16FNO2S. The molecule has 2 rings (SSSR count). The van der Waals surface area contributed by atoms with Gasteiger partial charge in [0.2, 0.25) is 5.91 Å². The molecule has 1 heterocycles. The highest BCUT2D eigenvalue weighted by molar-refractivity contribution is 8.14. The van der Waals surface area contributed by atoms with Crippen LogP contribution in [0.25, 0.3) is 0 Å². The Balaban J connectivity index is 1.86. The summed E-state index contributed by atoms with van der Waals surface area (Å²) < 4.78 is 13.0. The molecule has 1 saturated heterocycles. The SMILES string of the molecule is CC(=O)SC1CC(=O)N(CCc2cccc(F)c2)C1. The number of benzene rings is 1. The Morgan fingerprint density at radius 2 is 2.32 bits per heavy atom. The van der Waals surface area contributed by atoms with Crippen LogP contribution in [-0.4, -0.2) is 34.3 Å². The topological polar surface area (TPSA) is 37.4 Å². The Kier molecular flexibility index (Phi) is 4.58. The summed E-state index contributed by atoms with van der Waals surface area (Å²) in [4.78, 5) is 24.6. The molecular weight excluding hydrogens is 265 g/mol. The Hall–Kier alpha value is -1.36. The molecule has 1 atom stereocenters. The minimum absolute atomic E-state index is 0.0461. The predicted octanol–water partition coefficient (Wildman–Crippen LogP) is 2.25. The quantitative estimate of drug-likeness (QED) is 0.849. The average Bonchev–Trinajstić information content (AvgIpc) is 2.66. The number of nitrogens with zero attached hydrogens (tertiary/aromatic N) is 1. The van der Waals surface area contributed by atoms with Gasteiger partial charge in [-0.15, -0.1) is 0 Å². The molecule has 1 aromatic carbocycles. The van der Waals surface area contributed by atoms with Gasteiger partial charge in [-0.2, -0.15) is 0 Å². The highest BCUT2D eigenvalue weighted by Gasteiger charge is 2.30. The number of rotatable bonds is 4. The van der Waals surface area contributed by atoms with E-state index >= 15 is 0 Å². The van der Waals surface area contributed by atoms with Gasteiger partial charge in [-0.1, -0.05) is 23.9 Å². The monoisotopic (exact) mass is 281 g/mol. The standard InChI is InChI=1S/C14H16FNO2S/c1-10(17)19-13-8-14(18)16(9-13)6-5-11-3-2-4-12(15)7-11/h2-4,7,13H,5-6,8-9H2,1H3. The van der Waals surface area contributed by atoms with E-state index in [2.05, 4.69) is 0 Å². The van der Waals surface area contributed by atoms with Crippen LogP contribution >= 0.6 is 11.8 Å². The molecule has 19 heavy (non-hydrogen) atoms. The van der Waals surface area contributed by atoms with Crippen molar-refractivity contribution in [3.63, 3.8) is 0 Å². The van der Waals surface area contributed by atoms with E-state index in [0.717, 1.165) is 5.56 Å². The van der Waals surface area contributed by atoms with Crippen LogP contribution in [0.2, 0.25) is 0 Å². The number of halogens is 1. The zero-order valence-electron chi connectivity index (χ0n) is 10.8. The molecule has 1 amide bonds. The number of hydrogen-bond donors (Lipinski definition) is 0. The lowest BCUT2D eigenvalue weighted by molar-refractivity contribution is -0.127. The molecule has 102 valence electrons. The third-order valence-corrected chi connectivity index (χ3v) is 4.05. The van der Waals surface area contributed by atoms with Crippen LogP contribution in [0.1, 0.15) is 18.9 Å². The van der Waals surface area contributed by atoms with Gasteiger partial charge in [0.05, 0.1) is 0 Å². The highest BCUT2D eigenvalue weighted by atomic mass is 32.2. The second-order valence-corrected chi connectivity index (χ2v) is 6.13. The summed E-state index contributed by atoms with van der Waals surface area (Å²) in [6.45, 7) is 2.71. The van der Waals surface area contributed by atoms with Crippen molar-refractivity contribution in [3.8, 4) is 0 Å². The number of likely N-dealkylation sites (tertiary alicyclic amines) is 1. The fourth-order valence-electron chi connectivity index (χ4n) is 2.22. The van der Waals surface area contributed by atoms with E-state index in [0.29, 0.717) is 25.9 Å². The number of hydrogen-bond acceptors (Lipinski definition) is 3. The zero-order chi connectivity index (χ0) is 13.8.